The fraction of sp³-hybridized carbons (Fsp3) is 0. The van der Waals surface area contributed by atoms with Crippen molar-refractivity contribution in [2.24, 2.45) is 0 Å². The molecule has 0 fully saturated rings. The Morgan fingerprint density at radius 2 is 2.11 bits per heavy atom. The molecule has 3 rings (SSSR count). The van der Waals surface area contributed by atoms with E-state index in [0.29, 0.717) is 16.4 Å². The first-order valence-corrected chi connectivity index (χ1v) is 5.97. The van der Waals surface area contributed by atoms with E-state index in [2.05, 4.69) is 20.5 Å². The summed E-state index contributed by atoms with van der Waals surface area (Å²) in [6, 6.07) is 8.76. The Balaban J connectivity index is 1.90. The zero-order valence-corrected chi connectivity index (χ0v) is 10.5. The van der Waals surface area contributed by atoms with Crippen molar-refractivity contribution < 1.29 is 4.79 Å². The summed E-state index contributed by atoms with van der Waals surface area (Å²) < 4.78 is 0. The molecule has 2 heterocycles. The first kappa shape index (κ1) is 11.7. The van der Waals surface area contributed by atoms with E-state index in [1.807, 2.05) is 18.2 Å². The average molecular weight is 273 g/mol. The number of benzene rings is 1. The number of carbonyl (C=O) groups excluding carboxylic acids is 1. The van der Waals surface area contributed by atoms with Crippen LogP contribution < -0.4 is 5.32 Å². The van der Waals surface area contributed by atoms with Crippen molar-refractivity contribution in [3.8, 4) is 0 Å². The van der Waals surface area contributed by atoms with Crippen molar-refractivity contribution in [2.45, 2.75) is 0 Å². The molecule has 3 aromatic rings. The minimum absolute atomic E-state index is 0.238. The lowest BCUT2D eigenvalue weighted by atomic mass is 10.2. The molecule has 0 radical (unpaired) electrons. The number of nitrogens with one attached hydrogen (secondary N) is 2. The van der Waals surface area contributed by atoms with Crippen LogP contribution in [0.4, 0.5) is 5.69 Å². The van der Waals surface area contributed by atoms with Crippen LogP contribution in [0.15, 0.2) is 42.7 Å². The van der Waals surface area contributed by atoms with Crippen molar-refractivity contribution in [3.63, 3.8) is 0 Å². The van der Waals surface area contributed by atoms with Gasteiger partial charge >= 0.3 is 0 Å². The van der Waals surface area contributed by atoms with Crippen LogP contribution in [0.5, 0.6) is 0 Å². The first-order valence-electron chi connectivity index (χ1n) is 5.59. The topological polar surface area (TPSA) is 70.7 Å². The van der Waals surface area contributed by atoms with E-state index in [-0.39, 0.29) is 5.91 Å². The van der Waals surface area contributed by atoms with Gasteiger partial charge in [0, 0.05) is 11.6 Å². The lowest BCUT2D eigenvalue weighted by molar-refractivity contribution is 0.102. The summed E-state index contributed by atoms with van der Waals surface area (Å²) in [4.78, 5) is 15.9. The van der Waals surface area contributed by atoms with E-state index in [4.69, 9.17) is 11.6 Å². The summed E-state index contributed by atoms with van der Waals surface area (Å²) in [5.74, 6) is -0.238. The molecule has 2 N–H and O–H groups in total. The molecule has 6 heteroatoms. The van der Waals surface area contributed by atoms with Gasteiger partial charge < -0.3 is 5.32 Å². The zero-order valence-electron chi connectivity index (χ0n) is 9.72. The van der Waals surface area contributed by atoms with E-state index in [9.17, 15) is 4.79 Å². The average Bonchev–Trinajstić information content (AvgIpc) is 2.89. The van der Waals surface area contributed by atoms with E-state index in [1.165, 1.54) is 6.20 Å². The highest BCUT2D eigenvalue weighted by Crippen LogP contribution is 2.21. The molecule has 1 amide bonds. The Hall–Kier alpha value is -2.40. The third kappa shape index (κ3) is 2.28. The zero-order chi connectivity index (χ0) is 13.2. The number of fused-ring (bicyclic) bond motifs is 1. The number of amides is 1. The third-order valence-corrected chi connectivity index (χ3v) is 2.95. The Labute approximate surface area is 113 Å². The molecule has 19 heavy (non-hydrogen) atoms. The highest BCUT2D eigenvalue weighted by molar-refractivity contribution is 6.29. The highest BCUT2D eigenvalue weighted by Gasteiger charge is 2.09. The van der Waals surface area contributed by atoms with E-state index >= 15 is 0 Å². The van der Waals surface area contributed by atoms with E-state index < -0.39 is 0 Å². The molecule has 0 aliphatic rings. The molecule has 1 aromatic carbocycles. The Kier molecular flexibility index (Phi) is 2.89. The molecule has 0 spiro atoms. The summed E-state index contributed by atoms with van der Waals surface area (Å²) in [7, 11) is 0. The molecule has 0 unspecified atom stereocenters. The second-order valence-electron chi connectivity index (χ2n) is 3.96. The number of aromatic nitrogens is 3. The minimum atomic E-state index is -0.238. The number of nitrogens with zero attached hydrogens (tertiary/aromatic N) is 2. The number of pyridine rings is 1. The molecule has 0 aliphatic heterocycles. The highest BCUT2D eigenvalue weighted by atomic mass is 35.5. The van der Waals surface area contributed by atoms with Gasteiger partial charge in [-0.1, -0.05) is 17.7 Å². The first-order chi connectivity index (χ1) is 9.24. The maximum absolute atomic E-state index is 12.1. The largest absolute Gasteiger partial charge is 0.321 e. The monoisotopic (exact) mass is 272 g/mol. The number of rotatable bonds is 2. The number of H-pyrrole nitrogens is 1. The maximum Gasteiger partial charge on any atom is 0.257 e. The molecule has 5 nitrogen and oxygen atoms in total. The summed E-state index contributed by atoms with van der Waals surface area (Å²) in [6.07, 6.45) is 3.11. The summed E-state index contributed by atoms with van der Waals surface area (Å²) >= 11 is 5.68. The standard InChI is InChI=1S/C13H9ClN4O/c14-12-5-4-8(6-15-12)13(19)17-10-2-1-3-11-9(10)7-16-18-11/h1-7H,(H,16,18)(H,17,19). The fourth-order valence-corrected chi connectivity index (χ4v) is 1.89. The van der Waals surface area contributed by atoms with E-state index in [1.54, 1.807) is 18.3 Å². The number of hydrogen-bond acceptors (Lipinski definition) is 3. The van der Waals surface area contributed by atoms with Crippen LogP contribution in [0.1, 0.15) is 10.4 Å². The predicted octanol–water partition coefficient (Wildman–Crippen LogP) is 2.86. The molecule has 94 valence electrons. The molecule has 0 bridgehead atoms. The lowest BCUT2D eigenvalue weighted by Gasteiger charge is -2.06. The molecule has 2 aromatic heterocycles. The van der Waals surface area contributed by atoms with Crippen LogP contribution in [0, 0.1) is 0 Å². The van der Waals surface area contributed by atoms with Crippen molar-refractivity contribution in [1.82, 2.24) is 15.2 Å². The van der Waals surface area contributed by atoms with Crippen molar-refractivity contribution >= 4 is 34.1 Å². The third-order valence-electron chi connectivity index (χ3n) is 2.72. The number of anilines is 1. The van der Waals surface area contributed by atoms with Gasteiger partial charge in [0.2, 0.25) is 0 Å². The Morgan fingerprint density at radius 1 is 1.21 bits per heavy atom. The van der Waals surface area contributed by atoms with Crippen LogP contribution in [-0.2, 0) is 0 Å². The number of hydrogen-bond donors (Lipinski definition) is 2. The summed E-state index contributed by atoms with van der Waals surface area (Å²) in [6.45, 7) is 0. The normalized spacial score (nSPS) is 10.6. The van der Waals surface area contributed by atoms with Crippen molar-refractivity contribution in [3.05, 3.63) is 53.4 Å². The van der Waals surface area contributed by atoms with Gasteiger partial charge in [0.05, 0.1) is 23.0 Å². The predicted molar refractivity (Wildman–Crippen MR) is 73.3 cm³/mol. The van der Waals surface area contributed by atoms with Crippen LogP contribution in [0.2, 0.25) is 5.15 Å². The van der Waals surface area contributed by atoms with Gasteiger partial charge in [-0.2, -0.15) is 5.10 Å². The van der Waals surface area contributed by atoms with Gasteiger partial charge in [-0.15, -0.1) is 0 Å². The maximum atomic E-state index is 12.1. The second kappa shape index (κ2) is 4.70. The molecule has 0 aliphatic carbocycles. The summed E-state index contributed by atoms with van der Waals surface area (Å²) in [5.41, 5.74) is 2.02. The SMILES string of the molecule is O=C(Nc1cccc2[nH]ncc12)c1ccc(Cl)nc1. The Bertz CT molecular complexity index is 736. The molecule has 0 saturated carbocycles. The number of aromatic amines is 1. The number of carbonyl (C=O) groups is 1. The van der Waals surface area contributed by atoms with Gasteiger partial charge in [0.25, 0.3) is 5.91 Å². The van der Waals surface area contributed by atoms with Gasteiger partial charge in [-0.05, 0) is 24.3 Å². The smallest absolute Gasteiger partial charge is 0.257 e. The fourth-order valence-electron chi connectivity index (χ4n) is 1.78. The summed E-state index contributed by atoms with van der Waals surface area (Å²) in [5, 5.41) is 10.8. The van der Waals surface area contributed by atoms with Gasteiger partial charge in [-0.25, -0.2) is 4.98 Å². The van der Waals surface area contributed by atoms with Crippen molar-refractivity contribution in [2.75, 3.05) is 5.32 Å². The Morgan fingerprint density at radius 3 is 2.89 bits per heavy atom. The molecule has 0 saturated heterocycles. The van der Waals surface area contributed by atoms with Crippen LogP contribution in [-0.4, -0.2) is 21.1 Å². The molecular weight excluding hydrogens is 264 g/mol. The van der Waals surface area contributed by atoms with E-state index in [0.717, 1.165) is 10.9 Å². The van der Waals surface area contributed by atoms with Crippen LogP contribution in [0.25, 0.3) is 10.9 Å². The molecule has 0 atom stereocenters. The van der Waals surface area contributed by atoms with Gasteiger partial charge in [0.15, 0.2) is 0 Å². The molecular formula is C13H9ClN4O. The van der Waals surface area contributed by atoms with Gasteiger partial charge in [0.1, 0.15) is 5.15 Å². The van der Waals surface area contributed by atoms with Gasteiger partial charge in [-0.3, -0.25) is 9.89 Å². The second-order valence-corrected chi connectivity index (χ2v) is 4.35. The minimum Gasteiger partial charge on any atom is -0.321 e. The number of halogens is 1. The van der Waals surface area contributed by atoms with Crippen molar-refractivity contribution in [1.29, 1.82) is 0 Å². The van der Waals surface area contributed by atoms with Crippen LogP contribution in [0.3, 0.4) is 0 Å². The lowest BCUT2D eigenvalue weighted by Crippen LogP contribution is -2.12. The van der Waals surface area contributed by atoms with Crippen LogP contribution >= 0.6 is 11.6 Å². The quantitative estimate of drug-likeness (QED) is 0.705.